The zero-order chi connectivity index (χ0) is 10.1. The molecule has 2 nitrogen and oxygen atoms in total. The molecule has 0 saturated heterocycles. The minimum atomic E-state index is -0.642. The van der Waals surface area contributed by atoms with Crippen molar-refractivity contribution in [3.05, 3.63) is 0 Å². The van der Waals surface area contributed by atoms with Crippen LogP contribution >= 0.6 is 0 Å². The van der Waals surface area contributed by atoms with Crippen LogP contribution in [-0.4, -0.2) is 11.1 Å². The van der Waals surface area contributed by atoms with Gasteiger partial charge in [-0.15, -0.1) is 0 Å². The number of hydrogen-bond acceptors (Lipinski definition) is 1. The van der Waals surface area contributed by atoms with Gasteiger partial charge in [-0.3, -0.25) is 4.79 Å². The molecule has 1 rings (SSSR count). The molecule has 1 N–H and O–H groups in total. The lowest BCUT2D eigenvalue weighted by molar-refractivity contribution is -0.148. The molecule has 0 heterocycles. The Kier molecular flexibility index (Phi) is 2.99. The first kappa shape index (κ1) is 10.6. The molecule has 1 aliphatic rings. The Morgan fingerprint density at radius 2 is 2.15 bits per heavy atom. The monoisotopic (exact) mass is 184 g/mol. The van der Waals surface area contributed by atoms with E-state index < -0.39 is 11.4 Å². The summed E-state index contributed by atoms with van der Waals surface area (Å²) < 4.78 is 0. The molecule has 1 saturated carbocycles. The number of carbonyl (C=O) groups is 1. The summed E-state index contributed by atoms with van der Waals surface area (Å²) in [7, 11) is 0. The van der Waals surface area contributed by atoms with Crippen molar-refractivity contribution in [1.29, 1.82) is 0 Å². The van der Waals surface area contributed by atoms with Gasteiger partial charge < -0.3 is 5.11 Å². The summed E-state index contributed by atoms with van der Waals surface area (Å²) in [6.45, 7) is 5.89. The predicted octanol–water partition coefficient (Wildman–Crippen LogP) is 2.92. The number of aliphatic carboxylic acids is 1. The van der Waals surface area contributed by atoms with Crippen molar-refractivity contribution in [2.75, 3.05) is 0 Å². The number of hydrogen-bond donors (Lipinski definition) is 1. The summed E-state index contributed by atoms with van der Waals surface area (Å²) in [6.07, 6.45) is 4.81. The smallest absolute Gasteiger partial charge is 0.309 e. The van der Waals surface area contributed by atoms with Gasteiger partial charge in [0.25, 0.3) is 0 Å². The second-order valence-corrected chi connectivity index (χ2v) is 4.77. The summed E-state index contributed by atoms with van der Waals surface area (Å²) in [6, 6.07) is 0. The minimum Gasteiger partial charge on any atom is -0.481 e. The number of carboxylic acid groups (broad SMARTS) is 1. The van der Waals surface area contributed by atoms with Crippen molar-refractivity contribution in [3.8, 4) is 0 Å². The molecule has 0 aliphatic heterocycles. The Labute approximate surface area is 80.3 Å². The Hall–Kier alpha value is -0.530. The van der Waals surface area contributed by atoms with Gasteiger partial charge in [0, 0.05) is 0 Å². The summed E-state index contributed by atoms with van der Waals surface area (Å²) in [4.78, 5) is 10.9. The highest BCUT2D eigenvalue weighted by atomic mass is 16.4. The molecule has 0 radical (unpaired) electrons. The van der Waals surface area contributed by atoms with Crippen LogP contribution in [0.5, 0.6) is 0 Å². The van der Waals surface area contributed by atoms with Gasteiger partial charge >= 0.3 is 5.97 Å². The highest BCUT2D eigenvalue weighted by Crippen LogP contribution is 2.53. The molecule has 1 aliphatic carbocycles. The van der Waals surface area contributed by atoms with Crippen LogP contribution < -0.4 is 0 Å². The standard InChI is InChI=1S/C11H20O2/c1-4-5-6-8-7-9(8)11(2,3)10(12)13/h8-9H,4-7H2,1-3H3,(H,12,13)/t8-,9-/m1/s1. The Balaban J connectivity index is 2.37. The Morgan fingerprint density at radius 1 is 1.54 bits per heavy atom. The van der Waals surface area contributed by atoms with Crippen molar-refractivity contribution >= 4 is 5.97 Å². The number of rotatable bonds is 5. The molecule has 2 atom stereocenters. The second-order valence-electron chi connectivity index (χ2n) is 4.77. The average Bonchev–Trinajstić information content (AvgIpc) is 2.79. The van der Waals surface area contributed by atoms with E-state index in [0.717, 1.165) is 6.42 Å². The molecule has 13 heavy (non-hydrogen) atoms. The maximum Gasteiger partial charge on any atom is 0.309 e. The summed E-state index contributed by atoms with van der Waals surface area (Å²) in [5.41, 5.74) is -0.502. The molecule has 0 spiro atoms. The van der Waals surface area contributed by atoms with Gasteiger partial charge in [-0.1, -0.05) is 26.2 Å². The van der Waals surface area contributed by atoms with Crippen LogP contribution in [0.2, 0.25) is 0 Å². The summed E-state index contributed by atoms with van der Waals surface area (Å²) >= 11 is 0. The average molecular weight is 184 g/mol. The van der Waals surface area contributed by atoms with E-state index in [2.05, 4.69) is 6.92 Å². The van der Waals surface area contributed by atoms with Crippen molar-refractivity contribution in [1.82, 2.24) is 0 Å². The van der Waals surface area contributed by atoms with Gasteiger partial charge in [-0.25, -0.2) is 0 Å². The van der Waals surface area contributed by atoms with E-state index in [0.29, 0.717) is 11.8 Å². The van der Waals surface area contributed by atoms with Crippen molar-refractivity contribution in [2.24, 2.45) is 17.3 Å². The third-order valence-corrected chi connectivity index (χ3v) is 3.33. The fourth-order valence-corrected chi connectivity index (χ4v) is 2.08. The predicted molar refractivity (Wildman–Crippen MR) is 52.5 cm³/mol. The van der Waals surface area contributed by atoms with Gasteiger partial charge in [-0.2, -0.15) is 0 Å². The van der Waals surface area contributed by atoms with Gasteiger partial charge in [0.2, 0.25) is 0 Å². The molecule has 1 fully saturated rings. The van der Waals surface area contributed by atoms with Crippen molar-refractivity contribution in [2.45, 2.75) is 46.5 Å². The maximum atomic E-state index is 10.9. The van der Waals surface area contributed by atoms with E-state index in [1.807, 2.05) is 13.8 Å². The third kappa shape index (κ3) is 2.23. The quantitative estimate of drug-likeness (QED) is 0.713. The van der Waals surface area contributed by atoms with E-state index in [4.69, 9.17) is 5.11 Å². The zero-order valence-corrected chi connectivity index (χ0v) is 8.84. The van der Waals surface area contributed by atoms with Crippen molar-refractivity contribution in [3.63, 3.8) is 0 Å². The summed E-state index contributed by atoms with van der Waals surface area (Å²) in [5, 5.41) is 8.99. The van der Waals surface area contributed by atoms with Gasteiger partial charge in [0.05, 0.1) is 5.41 Å². The Bertz CT molecular complexity index is 196. The SMILES string of the molecule is CCCC[C@@H]1C[C@H]1C(C)(C)C(=O)O. The highest BCUT2D eigenvalue weighted by Gasteiger charge is 2.50. The van der Waals surface area contributed by atoms with Crippen LogP contribution in [0.25, 0.3) is 0 Å². The van der Waals surface area contributed by atoms with Gasteiger partial charge in [-0.05, 0) is 32.1 Å². The molecule has 2 heteroatoms. The van der Waals surface area contributed by atoms with E-state index in [9.17, 15) is 4.79 Å². The first-order valence-electron chi connectivity index (χ1n) is 5.23. The molecule has 0 amide bonds. The molecular weight excluding hydrogens is 164 g/mol. The lowest BCUT2D eigenvalue weighted by Gasteiger charge is -2.18. The van der Waals surface area contributed by atoms with Crippen LogP contribution in [0.1, 0.15) is 46.5 Å². The molecule has 76 valence electrons. The molecule has 0 aromatic rings. The first-order chi connectivity index (χ1) is 6.00. The van der Waals surface area contributed by atoms with Crippen LogP contribution in [-0.2, 0) is 4.79 Å². The molecule has 0 aromatic heterocycles. The lowest BCUT2D eigenvalue weighted by Crippen LogP contribution is -2.26. The van der Waals surface area contributed by atoms with Crippen molar-refractivity contribution < 1.29 is 9.90 Å². The van der Waals surface area contributed by atoms with E-state index >= 15 is 0 Å². The molecule has 0 bridgehead atoms. The van der Waals surface area contributed by atoms with Crippen LogP contribution in [0.4, 0.5) is 0 Å². The highest BCUT2D eigenvalue weighted by molar-refractivity contribution is 5.74. The molecule has 0 unspecified atom stereocenters. The van der Waals surface area contributed by atoms with Gasteiger partial charge in [0.1, 0.15) is 0 Å². The summed E-state index contributed by atoms with van der Waals surface area (Å²) in [5.74, 6) is 0.471. The van der Waals surface area contributed by atoms with Gasteiger partial charge in [0.15, 0.2) is 0 Å². The largest absolute Gasteiger partial charge is 0.481 e. The lowest BCUT2D eigenvalue weighted by atomic mass is 9.86. The zero-order valence-electron chi connectivity index (χ0n) is 8.84. The van der Waals surface area contributed by atoms with Crippen LogP contribution in [0.15, 0.2) is 0 Å². The van der Waals surface area contributed by atoms with E-state index in [1.165, 1.54) is 19.3 Å². The number of unbranched alkanes of at least 4 members (excludes halogenated alkanes) is 1. The van der Waals surface area contributed by atoms with E-state index in [1.54, 1.807) is 0 Å². The normalized spacial score (nSPS) is 27.3. The molecule has 0 aromatic carbocycles. The fraction of sp³-hybridized carbons (Fsp3) is 0.909. The Morgan fingerprint density at radius 3 is 2.62 bits per heavy atom. The van der Waals surface area contributed by atoms with Crippen LogP contribution in [0.3, 0.4) is 0 Å². The second kappa shape index (κ2) is 3.69. The van der Waals surface area contributed by atoms with Crippen LogP contribution in [0, 0.1) is 17.3 Å². The van der Waals surface area contributed by atoms with E-state index in [-0.39, 0.29) is 0 Å². The first-order valence-corrected chi connectivity index (χ1v) is 5.23. The third-order valence-electron chi connectivity index (χ3n) is 3.33. The minimum absolute atomic E-state index is 0.427. The molecular formula is C11H20O2. The number of carboxylic acids is 1. The maximum absolute atomic E-state index is 10.9. The topological polar surface area (TPSA) is 37.3 Å². The fourth-order valence-electron chi connectivity index (χ4n) is 2.08.